The summed E-state index contributed by atoms with van der Waals surface area (Å²) in [5.41, 5.74) is 2.06. The number of rotatable bonds is 6. The van der Waals surface area contributed by atoms with Gasteiger partial charge in [-0.3, -0.25) is 9.59 Å². The van der Waals surface area contributed by atoms with Gasteiger partial charge in [0.15, 0.2) is 6.61 Å². The van der Waals surface area contributed by atoms with Crippen molar-refractivity contribution >= 4 is 17.5 Å². The van der Waals surface area contributed by atoms with Gasteiger partial charge < -0.3 is 19.7 Å². The minimum atomic E-state index is -4.82. The third-order valence-corrected chi connectivity index (χ3v) is 4.66. The largest absolute Gasteiger partial charge is 0.573 e. The second kappa shape index (κ2) is 8.64. The van der Waals surface area contributed by atoms with Crippen LogP contribution in [0.5, 0.6) is 11.5 Å². The number of nitrogens with zero attached hydrogens (tertiary/aromatic N) is 1. The Bertz CT molecular complexity index is 926. The van der Waals surface area contributed by atoms with Crippen molar-refractivity contribution in [2.45, 2.75) is 32.7 Å². The standard InChI is InChI=1S/C21H21F3N2O4/c1-13-5-3-6-14(2)19(13)29-12-18(27)25-17-9-10-26(20(17)28)15-7-4-8-16(11-15)30-21(22,23)24/h3-8,11,17H,9-10,12H2,1-2H3,(H,25,27). The van der Waals surface area contributed by atoms with Gasteiger partial charge in [0.25, 0.3) is 5.91 Å². The van der Waals surface area contributed by atoms with Gasteiger partial charge in [-0.05, 0) is 43.5 Å². The lowest BCUT2D eigenvalue weighted by atomic mass is 10.1. The molecule has 0 radical (unpaired) electrons. The van der Waals surface area contributed by atoms with Crippen molar-refractivity contribution in [2.75, 3.05) is 18.1 Å². The fourth-order valence-corrected chi connectivity index (χ4v) is 3.32. The van der Waals surface area contributed by atoms with Crippen molar-refractivity contribution in [3.63, 3.8) is 0 Å². The molecule has 1 atom stereocenters. The molecular weight excluding hydrogens is 401 g/mol. The highest BCUT2D eigenvalue weighted by Crippen LogP contribution is 2.29. The lowest BCUT2D eigenvalue weighted by Gasteiger charge is -2.19. The Kier molecular flexibility index (Phi) is 6.19. The van der Waals surface area contributed by atoms with Crippen molar-refractivity contribution in [1.82, 2.24) is 5.32 Å². The van der Waals surface area contributed by atoms with Crippen LogP contribution in [0.3, 0.4) is 0 Å². The van der Waals surface area contributed by atoms with Crippen molar-refractivity contribution in [3.05, 3.63) is 53.6 Å². The van der Waals surface area contributed by atoms with E-state index in [-0.39, 0.29) is 18.8 Å². The van der Waals surface area contributed by atoms with Crippen molar-refractivity contribution in [1.29, 1.82) is 0 Å². The lowest BCUT2D eigenvalue weighted by Crippen LogP contribution is -2.43. The van der Waals surface area contributed by atoms with E-state index in [1.54, 1.807) is 0 Å². The Morgan fingerprint density at radius 1 is 1.17 bits per heavy atom. The van der Waals surface area contributed by atoms with Crippen LogP contribution in [-0.4, -0.2) is 37.4 Å². The minimum Gasteiger partial charge on any atom is -0.483 e. The Hall–Kier alpha value is -3.23. The van der Waals surface area contributed by atoms with Crippen LogP contribution in [0.1, 0.15) is 17.5 Å². The molecule has 0 aliphatic carbocycles. The first-order valence-electron chi connectivity index (χ1n) is 9.29. The molecule has 2 aromatic rings. The molecule has 3 rings (SSSR count). The predicted molar refractivity (Wildman–Crippen MR) is 103 cm³/mol. The Morgan fingerprint density at radius 2 is 1.83 bits per heavy atom. The van der Waals surface area contributed by atoms with Gasteiger partial charge in [0.1, 0.15) is 17.5 Å². The molecule has 6 nitrogen and oxygen atoms in total. The normalized spacial score (nSPS) is 16.5. The van der Waals surface area contributed by atoms with E-state index in [2.05, 4.69) is 10.1 Å². The van der Waals surface area contributed by atoms with E-state index in [1.807, 2.05) is 32.0 Å². The quantitative estimate of drug-likeness (QED) is 0.774. The number of nitrogens with one attached hydrogen (secondary N) is 1. The molecule has 1 heterocycles. The number of amides is 2. The zero-order chi connectivity index (χ0) is 21.9. The third-order valence-electron chi connectivity index (χ3n) is 4.66. The number of para-hydroxylation sites is 1. The van der Waals surface area contributed by atoms with Gasteiger partial charge in [0, 0.05) is 18.3 Å². The number of alkyl halides is 3. The van der Waals surface area contributed by atoms with Gasteiger partial charge in [-0.25, -0.2) is 0 Å². The van der Waals surface area contributed by atoms with Crippen LogP contribution in [0.25, 0.3) is 0 Å². The summed E-state index contributed by atoms with van der Waals surface area (Å²) in [4.78, 5) is 26.2. The molecule has 0 spiro atoms. The van der Waals surface area contributed by atoms with Gasteiger partial charge in [-0.2, -0.15) is 0 Å². The molecule has 0 bridgehead atoms. The number of carbonyl (C=O) groups excluding carboxylic acids is 2. The minimum absolute atomic E-state index is 0.246. The highest BCUT2D eigenvalue weighted by Gasteiger charge is 2.35. The van der Waals surface area contributed by atoms with E-state index in [0.29, 0.717) is 12.2 Å². The van der Waals surface area contributed by atoms with Crippen LogP contribution < -0.4 is 19.7 Å². The summed E-state index contributed by atoms with van der Waals surface area (Å²) in [6, 6.07) is 10.0. The first kappa shape index (κ1) is 21.5. The number of ether oxygens (including phenoxy) is 2. The summed E-state index contributed by atoms with van der Waals surface area (Å²) in [7, 11) is 0. The summed E-state index contributed by atoms with van der Waals surface area (Å²) in [6.07, 6.45) is -4.49. The summed E-state index contributed by atoms with van der Waals surface area (Å²) in [6.45, 7) is 3.76. The zero-order valence-electron chi connectivity index (χ0n) is 16.5. The Morgan fingerprint density at radius 3 is 2.50 bits per heavy atom. The summed E-state index contributed by atoms with van der Waals surface area (Å²) < 4.78 is 46.7. The maximum absolute atomic E-state index is 12.6. The van der Waals surface area contributed by atoms with Gasteiger partial charge in [0.05, 0.1) is 0 Å². The molecule has 1 saturated heterocycles. The number of benzene rings is 2. The molecule has 30 heavy (non-hydrogen) atoms. The number of hydrogen-bond acceptors (Lipinski definition) is 4. The van der Waals surface area contributed by atoms with Gasteiger partial charge in [0.2, 0.25) is 5.91 Å². The Labute approximate surface area is 171 Å². The van der Waals surface area contributed by atoms with Gasteiger partial charge in [-0.15, -0.1) is 13.2 Å². The molecule has 1 unspecified atom stereocenters. The number of aryl methyl sites for hydroxylation is 2. The molecule has 160 valence electrons. The number of anilines is 1. The molecule has 1 aliphatic heterocycles. The van der Waals surface area contributed by atoms with Crippen molar-refractivity contribution in [2.24, 2.45) is 0 Å². The third kappa shape index (κ3) is 5.22. The van der Waals surface area contributed by atoms with Crippen molar-refractivity contribution < 1.29 is 32.2 Å². The molecule has 1 N–H and O–H groups in total. The van der Waals surface area contributed by atoms with Crippen LogP contribution in [0, 0.1) is 13.8 Å². The molecule has 1 aliphatic rings. The summed E-state index contributed by atoms with van der Waals surface area (Å²) in [5.74, 6) is -0.651. The predicted octanol–water partition coefficient (Wildman–Crippen LogP) is 3.50. The fraction of sp³-hybridized carbons (Fsp3) is 0.333. The Balaban J connectivity index is 1.59. The van der Waals surface area contributed by atoms with E-state index < -0.39 is 30.0 Å². The molecule has 9 heteroatoms. The van der Waals surface area contributed by atoms with Crippen molar-refractivity contribution in [3.8, 4) is 11.5 Å². The number of carbonyl (C=O) groups is 2. The molecule has 2 amide bonds. The first-order chi connectivity index (χ1) is 14.1. The van der Waals surface area contributed by atoms with Gasteiger partial charge >= 0.3 is 6.36 Å². The van der Waals surface area contributed by atoms with Crippen LogP contribution >= 0.6 is 0 Å². The average molecular weight is 422 g/mol. The molecule has 1 fully saturated rings. The number of hydrogen-bond donors (Lipinski definition) is 1. The average Bonchev–Trinajstić information content (AvgIpc) is 3.00. The highest BCUT2D eigenvalue weighted by atomic mass is 19.4. The second-order valence-electron chi connectivity index (χ2n) is 6.95. The van der Waals surface area contributed by atoms with E-state index in [1.165, 1.54) is 17.0 Å². The molecule has 0 saturated carbocycles. The van der Waals surface area contributed by atoms with E-state index in [4.69, 9.17) is 4.74 Å². The zero-order valence-corrected chi connectivity index (χ0v) is 16.5. The lowest BCUT2D eigenvalue weighted by molar-refractivity contribution is -0.274. The maximum Gasteiger partial charge on any atom is 0.573 e. The second-order valence-corrected chi connectivity index (χ2v) is 6.95. The summed E-state index contributed by atoms with van der Waals surface area (Å²) in [5, 5.41) is 2.62. The fourth-order valence-electron chi connectivity index (χ4n) is 3.32. The van der Waals surface area contributed by atoms with E-state index in [9.17, 15) is 22.8 Å². The molecule has 2 aromatic carbocycles. The maximum atomic E-state index is 12.6. The topological polar surface area (TPSA) is 67.9 Å². The van der Waals surface area contributed by atoms with Gasteiger partial charge in [-0.1, -0.05) is 24.3 Å². The molecular formula is C21H21F3N2O4. The first-order valence-corrected chi connectivity index (χ1v) is 9.29. The summed E-state index contributed by atoms with van der Waals surface area (Å²) >= 11 is 0. The van der Waals surface area contributed by atoms with Crippen LogP contribution in [0.15, 0.2) is 42.5 Å². The highest BCUT2D eigenvalue weighted by molar-refractivity contribution is 6.01. The monoisotopic (exact) mass is 422 g/mol. The number of halogens is 3. The SMILES string of the molecule is Cc1cccc(C)c1OCC(=O)NC1CCN(c2cccc(OC(F)(F)F)c2)C1=O. The smallest absolute Gasteiger partial charge is 0.483 e. The van der Waals surface area contributed by atoms with Crippen LogP contribution in [0.2, 0.25) is 0 Å². The molecule has 0 aromatic heterocycles. The van der Waals surface area contributed by atoms with E-state index >= 15 is 0 Å². The van der Waals surface area contributed by atoms with Crippen LogP contribution in [-0.2, 0) is 9.59 Å². The van der Waals surface area contributed by atoms with Crippen LogP contribution in [0.4, 0.5) is 18.9 Å². The van der Waals surface area contributed by atoms with E-state index in [0.717, 1.165) is 23.3 Å².